The molecule has 1 heterocycles. The van der Waals surface area contributed by atoms with Gasteiger partial charge in [-0.3, -0.25) is 4.72 Å². The van der Waals surface area contributed by atoms with Crippen LogP contribution in [0.1, 0.15) is 0 Å². The van der Waals surface area contributed by atoms with E-state index < -0.39 is 10.0 Å². The van der Waals surface area contributed by atoms with Crippen LogP contribution in [0.5, 0.6) is 5.75 Å². The topological polar surface area (TPSA) is 68.3 Å². The summed E-state index contributed by atoms with van der Waals surface area (Å²) in [5.74, 6) is 0.524. The van der Waals surface area contributed by atoms with Crippen molar-refractivity contribution in [3.63, 3.8) is 0 Å². The highest BCUT2D eigenvalue weighted by Gasteiger charge is 2.16. The molecule has 0 fully saturated rings. The van der Waals surface area contributed by atoms with Gasteiger partial charge in [0, 0.05) is 17.3 Å². The summed E-state index contributed by atoms with van der Waals surface area (Å²) in [6.07, 6.45) is 1.40. The van der Waals surface area contributed by atoms with Crippen LogP contribution in [0.4, 0.5) is 5.82 Å². The lowest BCUT2D eigenvalue weighted by Gasteiger charge is -2.09. The summed E-state index contributed by atoms with van der Waals surface area (Å²) in [5.41, 5.74) is 0. The molecule has 0 aliphatic carbocycles. The molecule has 0 saturated carbocycles. The number of sulfonamides is 1. The van der Waals surface area contributed by atoms with Crippen molar-refractivity contribution in [3.05, 3.63) is 46.6 Å². The number of benzene rings is 1. The molecule has 106 valence electrons. The monoisotopic (exact) mass is 332 g/mol. The highest BCUT2D eigenvalue weighted by Crippen LogP contribution is 2.27. The van der Waals surface area contributed by atoms with E-state index in [0.29, 0.717) is 10.8 Å². The van der Waals surface area contributed by atoms with Gasteiger partial charge in [-0.05, 0) is 24.3 Å². The number of halogens is 2. The lowest BCUT2D eigenvalue weighted by Crippen LogP contribution is -2.13. The molecule has 0 bridgehead atoms. The average molecular weight is 333 g/mol. The summed E-state index contributed by atoms with van der Waals surface area (Å²) in [4.78, 5) is 3.88. The first-order chi connectivity index (χ1) is 9.42. The Hall–Kier alpha value is -1.50. The second-order valence-electron chi connectivity index (χ2n) is 3.76. The minimum Gasteiger partial charge on any atom is -0.495 e. The van der Waals surface area contributed by atoms with Gasteiger partial charge in [0.2, 0.25) is 0 Å². The molecule has 0 spiro atoms. The predicted molar refractivity (Wildman–Crippen MR) is 78.1 cm³/mol. The SMILES string of the molecule is COc1ccc(S(=O)(=O)Nc2cc(Cl)ccn2)cc1Cl. The van der Waals surface area contributed by atoms with Crippen molar-refractivity contribution in [2.45, 2.75) is 4.90 Å². The standard InChI is InChI=1S/C12H10Cl2N2O3S/c1-19-11-3-2-9(7-10(11)14)20(17,18)16-12-6-8(13)4-5-15-12/h2-7H,1H3,(H,15,16). The average Bonchev–Trinajstić information content (AvgIpc) is 2.38. The van der Waals surface area contributed by atoms with Crippen LogP contribution in [0.3, 0.4) is 0 Å². The predicted octanol–water partition coefficient (Wildman–Crippen LogP) is 3.20. The molecule has 5 nitrogen and oxygen atoms in total. The fourth-order valence-corrected chi connectivity index (χ4v) is 2.98. The zero-order valence-electron chi connectivity index (χ0n) is 10.3. The van der Waals surface area contributed by atoms with Gasteiger partial charge in [-0.15, -0.1) is 0 Å². The number of pyridine rings is 1. The normalized spacial score (nSPS) is 11.2. The van der Waals surface area contributed by atoms with E-state index in [1.165, 1.54) is 37.6 Å². The van der Waals surface area contributed by atoms with Gasteiger partial charge in [0.15, 0.2) is 0 Å². The van der Waals surface area contributed by atoms with Gasteiger partial charge < -0.3 is 4.74 Å². The first-order valence-corrected chi connectivity index (χ1v) is 7.64. The number of aromatic nitrogens is 1. The minimum atomic E-state index is -3.79. The first-order valence-electron chi connectivity index (χ1n) is 5.40. The summed E-state index contributed by atoms with van der Waals surface area (Å²) in [7, 11) is -2.34. The van der Waals surface area contributed by atoms with Crippen molar-refractivity contribution >= 4 is 39.0 Å². The molecule has 0 aliphatic rings. The molecule has 1 aromatic heterocycles. The number of methoxy groups -OCH3 is 1. The summed E-state index contributed by atoms with van der Waals surface area (Å²) < 4.78 is 31.6. The van der Waals surface area contributed by atoms with Crippen LogP contribution in [-0.2, 0) is 10.0 Å². The van der Waals surface area contributed by atoms with Crippen LogP contribution in [0.25, 0.3) is 0 Å². The number of hydrogen-bond donors (Lipinski definition) is 1. The van der Waals surface area contributed by atoms with E-state index in [-0.39, 0.29) is 15.7 Å². The Labute approximate surface area is 126 Å². The van der Waals surface area contributed by atoms with Crippen LogP contribution in [-0.4, -0.2) is 20.5 Å². The fourth-order valence-electron chi connectivity index (χ4n) is 1.47. The molecule has 2 aromatic rings. The lowest BCUT2D eigenvalue weighted by molar-refractivity contribution is 0.414. The van der Waals surface area contributed by atoms with Crippen molar-refractivity contribution in [1.29, 1.82) is 0 Å². The number of nitrogens with one attached hydrogen (secondary N) is 1. The van der Waals surface area contributed by atoms with E-state index in [2.05, 4.69) is 9.71 Å². The number of ether oxygens (including phenoxy) is 1. The molecule has 0 aliphatic heterocycles. The molecular weight excluding hydrogens is 323 g/mol. The maximum atomic E-state index is 12.2. The Morgan fingerprint density at radius 3 is 2.55 bits per heavy atom. The van der Waals surface area contributed by atoms with Crippen LogP contribution in [0.2, 0.25) is 10.0 Å². The molecule has 0 radical (unpaired) electrons. The Kier molecular flexibility index (Phi) is 4.37. The lowest BCUT2D eigenvalue weighted by atomic mass is 10.3. The van der Waals surface area contributed by atoms with Crippen LogP contribution in [0.15, 0.2) is 41.4 Å². The van der Waals surface area contributed by atoms with E-state index >= 15 is 0 Å². The van der Waals surface area contributed by atoms with Crippen LogP contribution < -0.4 is 9.46 Å². The highest BCUT2D eigenvalue weighted by molar-refractivity contribution is 7.92. The van der Waals surface area contributed by atoms with Crippen molar-refractivity contribution in [1.82, 2.24) is 4.98 Å². The highest BCUT2D eigenvalue weighted by atomic mass is 35.5. The maximum Gasteiger partial charge on any atom is 0.263 e. The zero-order chi connectivity index (χ0) is 14.8. The molecule has 0 saturated heterocycles. The Morgan fingerprint density at radius 1 is 1.20 bits per heavy atom. The van der Waals surface area contributed by atoms with Gasteiger partial charge in [-0.2, -0.15) is 0 Å². The van der Waals surface area contributed by atoms with E-state index in [0.717, 1.165) is 0 Å². The molecule has 2 rings (SSSR count). The van der Waals surface area contributed by atoms with Crippen LogP contribution >= 0.6 is 23.2 Å². The minimum absolute atomic E-state index is 0.00470. The molecule has 8 heteroatoms. The first kappa shape index (κ1) is 14.9. The number of rotatable bonds is 4. The molecule has 0 unspecified atom stereocenters. The smallest absolute Gasteiger partial charge is 0.263 e. The molecule has 20 heavy (non-hydrogen) atoms. The summed E-state index contributed by atoms with van der Waals surface area (Å²) in [6.45, 7) is 0. The number of nitrogens with zero attached hydrogens (tertiary/aromatic N) is 1. The third-order valence-corrected chi connectivity index (χ3v) is 4.28. The van der Waals surface area contributed by atoms with Crippen molar-refractivity contribution in [3.8, 4) is 5.75 Å². The van der Waals surface area contributed by atoms with E-state index in [4.69, 9.17) is 27.9 Å². The van der Waals surface area contributed by atoms with Gasteiger partial charge in [0.25, 0.3) is 10.0 Å². The Balaban J connectivity index is 2.33. The largest absolute Gasteiger partial charge is 0.495 e. The van der Waals surface area contributed by atoms with E-state index in [1.807, 2.05) is 0 Å². The van der Waals surface area contributed by atoms with Crippen LogP contribution in [0, 0.1) is 0 Å². The van der Waals surface area contributed by atoms with Gasteiger partial charge in [-0.1, -0.05) is 23.2 Å². The molecule has 0 atom stereocenters. The second kappa shape index (κ2) is 5.87. The summed E-state index contributed by atoms with van der Waals surface area (Å²) in [5, 5.41) is 0.583. The van der Waals surface area contributed by atoms with E-state index in [1.54, 1.807) is 6.07 Å². The summed E-state index contributed by atoms with van der Waals surface area (Å²) >= 11 is 11.7. The van der Waals surface area contributed by atoms with Crippen molar-refractivity contribution in [2.75, 3.05) is 11.8 Å². The van der Waals surface area contributed by atoms with Crippen molar-refractivity contribution < 1.29 is 13.2 Å². The number of hydrogen-bond acceptors (Lipinski definition) is 4. The molecule has 1 N–H and O–H groups in total. The number of anilines is 1. The molecule has 1 aromatic carbocycles. The maximum absolute atomic E-state index is 12.2. The zero-order valence-corrected chi connectivity index (χ0v) is 12.6. The Morgan fingerprint density at radius 2 is 1.95 bits per heavy atom. The van der Waals surface area contributed by atoms with Gasteiger partial charge in [0.1, 0.15) is 11.6 Å². The van der Waals surface area contributed by atoms with Gasteiger partial charge >= 0.3 is 0 Å². The quantitative estimate of drug-likeness (QED) is 0.933. The second-order valence-corrected chi connectivity index (χ2v) is 6.29. The third kappa shape index (κ3) is 3.33. The fraction of sp³-hybridized carbons (Fsp3) is 0.0833. The van der Waals surface area contributed by atoms with Gasteiger partial charge in [-0.25, -0.2) is 13.4 Å². The molecule has 0 amide bonds. The summed E-state index contributed by atoms with van der Waals surface area (Å²) in [6, 6.07) is 7.11. The van der Waals surface area contributed by atoms with Crippen molar-refractivity contribution in [2.24, 2.45) is 0 Å². The van der Waals surface area contributed by atoms with Gasteiger partial charge in [0.05, 0.1) is 17.0 Å². The third-order valence-electron chi connectivity index (χ3n) is 2.39. The Bertz CT molecular complexity index is 735. The molecular formula is C12H10Cl2N2O3S. The van der Waals surface area contributed by atoms with E-state index in [9.17, 15) is 8.42 Å².